The molecule has 5 heteroatoms. The number of aryl methyl sites for hydroxylation is 1. The van der Waals surface area contributed by atoms with Crippen LogP contribution in [-0.4, -0.2) is 16.7 Å². The Hall–Kier alpha value is -1.43. The van der Waals surface area contributed by atoms with Crippen molar-refractivity contribution in [1.82, 2.24) is 0 Å². The molecule has 21 heavy (non-hydrogen) atoms. The number of benzene rings is 2. The minimum Gasteiger partial charge on any atom is -0.312 e. The predicted octanol–water partition coefficient (Wildman–Crippen LogP) is 3.84. The molecule has 0 fully saturated rings. The van der Waals surface area contributed by atoms with Crippen molar-refractivity contribution in [3.63, 3.8) is 0 Å². The quantitative estimate of drug-likeness (QED) is 0.760. The molecule has 2 aromatic rings. The average molecular weight is 320 g/mol. The maximum Gasteiger partial charge on any atom is 0.287 e. The van der Waals surface area contributed by atoms with Crippen molar-refractivity contribution in [3.8, 4) is 0 Å². The molecule has 0 N–H and O–H groups in total. The van der Waals surface area contributed by atoms with Gasteiger partial charge in [0.05, 0.1) is 4.90 Å². The lowest BCUT2D eigenvalue weighted by molar-refractivity contribution is 0.481. The molecule has 0 aliphatic heterocycles. The van der Waals surface area contributed by atoms with E-state index >= 15 is 0 Å². The first-order valence-corrected chi connectivity index (χ1v) is 11.5. The van der Waals surface area contributed by atoms with Crippen LogP contribution in [0, 0.1) is 0 Å². The summed E-state index contributed by atoms with van der Waals surface area (Å²) in [6.45, 7) is 3.88. The number of hydrogen-bond donors (Lipinski definition) is 0. The third-order valence-corrected chi connectivity index (χ3v) is 8.21. The summed E-state index contributed by atoms with van der Waals surface area (Å²) in [6, 6.07) is 19.2. The standard InChI is InChI=1S/C16H20O3SSi/c1-21(2,14-13-15-9-5-3-6-10-15)19-20(17,18)16-11-7-4-8-12-16/h3-12H,13-14H2,1-2H3. The van der Waals surface area contributed by atoms with E-state index in [0.29, 0.717) is 0 Å². The topological polar surface area (TPSA) is 43.4 Å². The van der Waals surface area contributed by atoms with E-state index in [1.165, 1.54) is 5.56 Å². The van der Waals surface area contributed by atoms with Crippen molar-refractivity contribution in [1.29, 1.82) is 0 Å². The normalized spacial score (nSPS) is 12.3. The second-order valence-corrected chi connectivity index (χ2v) is 11.7. The molecule has 0 bridgehead atoms. The van der Waals surface area contributed by atoms with E-state index in [2.05, 4.69) is 12.1 Å². The fourth-order valence-electron chi connectivity index (χ4n) is 2.06. The highest BCUT2D eigenvalue weighted by Gasteiger charge is 2.30. The van der Waals surface area contributed by atoms with Gasteiger partial charge in [0.2, 0.25) is 8.32 Å². The largest absolute Gasteiger partial charge is 0.312 e. The van der Waals surface area contributed by atoms with E-state index in [1.807, 2.05) is 31.3 Å². The monoisotopic (exact) mass is 320 g/mol. The van der Waals surface area contributed by atoms with Gasteiger partial charge in [-0.1, -0.05) is 48.5 Å². The van der Waals surface area contributed by atoms with Gasteiger partial charge in [-0.25, -0.2) is 0 Å². The van der Waals surface area contributed by atoms with Crippen molar-refractivity contribution in [2.45, 2.75) is 30.5 Å². The maximum absolute atomic E-state index is 12.3. The molecule has 2 rings (SSSR count). The van der Waals surface area contributed by atoms with Crippen LogP contribution >= 0.6 is 0 Å². The Bertz CT molecular complexity index is 667. The van der Waals surface area contributed by atoms with Crippen LogP contribution in [0.2, 0.25) is 19.1 Å². The molecule has 2 aromatic carbocycles. The first-order chi connectivity index (χ1) is 9.89. The molecular weight excluding hydrogens is 300 g/mol. The Balaban J connectivity index is 2.03. The first kappa shape index (κ1) is 15.9. The highest BCUT2D eigenvalue weighted by molar-refractivity contribution is 7.87. The van der Waals surface area contributed by atoms with Gasteiger partial charge in [-0.05, 0) is 43.3 Å². The lowest BCUT2D eigenvalue weighted by atomic mass is 10.2. The first-order valence-electron chi connectivity index (χ1n) is 6.94. The minimum absolute atomic E-state index is 0.227. The molecule has 0 saturated carbocycles. The Morgan fingerprint density at radius 3 is 2.00 bits per heavy atom. The highest BCUT2D eigenvalue weighted by atomic mass is 32.2. The molecule has 0 saturated heterocycles. The molecule has 0 atom stereocenters. The maximum atomic E-state index is 12.3. The van der Waals surface area contributed by atoms with E-state index in [1.54, 1.807) is 30.3 Å². The molecular formula is C16H20O3SSi. The van der Waals surface area contributed by atoms with Crippen LogP contribution < -0.4 is 0 Å². The number of rotatable bonds is 6. The molecule has 0 heterocycles. The predicted molar refractivity (Wildman–Crippen MR) is 87.1 cm³/mol. The van der Waals surface area contributed by atoms with Crippen LogP contribution in [0.3, 0.4) is 0 Å². The summed E-state index contributed by atoms with van der Waals surface area (Å²) in [6.07, 6.45) is 0.838. The Labute approximate surface area is 127 Å². The number of hydrogen-bond acceptors (Lipinski definition) is 3. The zero-order valence-corrected chi connectivity index (χ0v) is 14.1. The Morgan fingerprint density at radius 2 is 1.43 bits per heavy atom. The van der Waals surface area contributed by atoms with Gasteiger partial charge in [0, 0.05) is 0 Å². The third-order valence-electron chi connectivity index (χ3n) is 3.23. The highest BCUT2D eigenvalue weighted by Crippen LogP contribution is 2.22. The van der Waals surface area contributed by atoms with Gasteiger partial charge in [0.25, 0.3) is 10.1 Å². The molecule has 0 amide bonds. The summed E-state index contributed by atoms with van der Waals surface area (Å²) in [7, 11) is -5.95. The molecule has 0 unspecified atom stereocenters. The average Bonchev–Trinajstić information content (AvgIpc) is 2.46. The summed E-state index contributed by atoms with van der Waals surface area (Å²) >= 11 is 0. The minimum atomic E-state index is -3.66. The van der Waals surface area contributed by atoms with E-state index < -0.39 is 18.4 Å². The molecule has 0 aromatic heterocycles. The molecule has 3 nitrogen and oxygen atoms in total. The van der Waals surface area contributed by atoms with Crippen LogP contribution in [0.1, 0.15) is 5.56 Å². The second-order valence-electron chi connectivity index (χ2n) is 5.60. The fraction of sp³-hybridized carbons (Fsp3) is 0.250. The van der Waals surface area contributed by atoms with Gasteiger partial charge < -0.3 is 3.87 Å². The van der Waals surface area contributed by atoms with Crippen LogP contribution in [0.25, 0.3) is 0 Å². The molecule has 0 spiro atoms. The summed E-state index contributed by atoms with van der Waals surface area (Å²) in [4.78, 5) is 0.227. The van der Waals surface area contributed by atoms with Crippen LogP contribution in [0.15, 0.2) is 65.6 Å². The van der Waals surface area contributed by atoms with E-state index in [4.69, 9.17) is 3.87 Å². The van der Waals surface area contributed by atoms with Gasteiger partial charge in [-0.15, -0.1) is 0 Å². The summed E-state index contributed by atoms with van der Waals surface area (Å²) in [5.74, 6) is 0. The van der Waals surface area contributed by atoms with Crippen LogP contribution in [-0.2, 0) is 20.4 Å². The van der Waals surface area contributed by atoms with Gasteiger partial charge in [-0.2, -0.15) is 8.42 Å². The summed E-state index contributed by atoms with van der Waals surface area (Å²) < 4.78 is 30.1. The second kappa shape index (κ2) is 6.55. The molecule has 0 aliphatic rings. The zero-order chi connectivity index (χ0) is 15.3. The van der Waals surface area contributed by atoms with Gasteiger partial charge >= 0.3 is 0 Å². The lowest BCUT2D eigenvalue weighted by Crippen LogP contribution is -2.33. The molecule has 112 valence electrons. The van der Waals surface area contributed by atoms with Crippen molar-refractivity contribution in [2.75, 3.05) is 0 Å². The van der Waals surface area contributed by atoms with Crippen molar-refractivity contribution >= 4 is 18.4 Å². The fourth-order valence-corrected chi connectivity index (χ4v) is 6.54. The SMILES string of the molecule is C[Si](C)(CCc1ccccc1)OS(=O)(=O)c1ccccc1. The van der Waals surface area contributed by atoms with Crippen LogP contribution in [0.5, 0.6) is 0 Å². The third kappa shape index (κ3) is 4.80. The summed E-state index contributed by atoms with van der Waals surface area (Å²) in [5.41, 5.74) is 1.21. The van der Waals surface area contributed by atoms with Gasteiger partial charge in [-0.3, -0.25) is 0 Å². The van der Waals surface area contributed by atoms with Gasteiger partial charge in [0.1, 0.15) is 0 Å². The van der Waals surface area contributed by atoms with Gasteiger partial charge in [0.15, 0.2) is 0 Å². The zero-order valence-electron chi connectivity index (χ0n) is 12.3. The molecule has 0 radical (unpaired) electrons. The van der Waals surface area contributed by atoms with Crippen LogP contribution in [0.4, 0.5) is 0 Å². The lowest BCUT2D eigenvalue weighted by Gasteiger charge is -2.22. The molecule has 0 aliphatic carbocycles. The van der Waals surface area contributed by atoms with Crippen molar-refractivity contribution in [2.24, 2.45) is 0 Å². The van der Waals surface area contributed by atoms with Crippen molar-refractivity contribution < 1.29 is 12.3 Å². The van der Waals surface area contributed by atoms with E-state index in [0.717, 1.165) is 12.5 Å². The van der Waals surface area contributed by atoms with E-state index in [-0.39, 0.29) is 4.90 Å². The Kier molecular flexibility index (Phi) is 4.98. The van der Waals surface area contributed by atoms with Crippen molar-refractivity contribution in [3.05, 3.63) is 66.2 Å². The van der Waals surface area contributed by atoms with E-state index in [9.17, 15) is 8.42 Å². The summed E-state index contributed by atoms with van der Waals surface area (Å²) in [5, 5.41) is 0. The smallest absolute Gasteiger partial charge is 0.287 e. The Morgan fingerprint density at radius 1 is 0.905 bits per heavy atom.